The summed E-state index contributed by atoms with van der Waals surface area (Å²) in [6, 6.07) is 12.3. The van der Waals surface area contributed by atoms with Crippen molar-refractivity contribution in [1.82, 2.24) is 5.32 Å². The molecule has 0 spiro atoms. The van der Waals surface area contributed by atoms with Crippen molar-refractivity contribution in [3.05, 3.63) is 59.2 Å². The number of methoxy groups -OCH3 is 2. The molecule has 2 atom stereocenters. The molecule has 162 valence electrons. The van der Waals surface area contributed by atoms with Gasteiger partial charge in [0.05, 0.1) is 13.7 Å². The monoisotopic (exact) mass is 415 g/mol. The standard InChI is InChI=1S/C23H29NO6/c1-22(2,3)30-21(25)20-16-11-18(27-4)19(29-13-15-9-7-6-8-10-15)12-17(16)23(26,28-5)14-24-20/h6-12,20,24,26H,13-14H2,1-5H3. The number of rotatable bonds is 6. The van der Waals surface area contributed by atoms with Gasteiger partial charge in [-0.1, -0.05) is 30.3 Å². The predicted octanol–water partition coefficient (Wildman–Crippen LogP) is 3.05. The highest BCUT2D eigenvalue weighted by Crippen LogP contribution is 2.41. The zero-order chi connectivity index (χ0) is 21.9. The molecule has 0 saturated heterocycles. The molecule has 1 aliphatic rings. The molecule has 2 unspecified atom stereocenters. The zero-order valence-electron chi connectivity index (χ0n) is 18.0. The Morgan fingerprint density at radius 1 is 1.17 bits per heavy atom. The summed E-state index contributed by atoms with van der Waals surface area (Å²) in [4.78, 5) is 12.8. The van der Waals surface area contributed by atoms with Crippen LogP contribution in [0.25, 0.3) is 0 Å². The third kappa shape index (κ3) is 4.75. The molecule has 0 bridgehead atoms. The Bertz CT molecular complexity index is 893. The van der Waals surface area contributed by atoms with Crippen molar-refractivity contribution in [3.63, 3.8) is 0 Å². The number of hydrogen-bond donors (Lipinski definition) is 2. The molecule has 2 aromatic carbocycles. The van der Waals surface area contributed by atoms with Gasteiger partial charge < -0.3 is 24.1 Å². The highest BCUT2D eigenvalue weighted by atomic mass is 16.6. The molecule has 0 radical (unpaired) electrons. The lowest BCUT2D eigenvalue weighted by molar-refractivity contribution is -0.198. The van der Waals surface area contributed by atoms with Crippen molar-refractivity contribution in [2.24, 2.45) is 0 Å². The van der Waals surface area contributed by atoms with Crippen LogP contribution in [0.15, 0.2) is 42.5 Å². The summed E-state index contributed by atoms with van der Waals surface area (Å²) in [5.74, 6) is -1.17. The minimum Gasteiger partial charge on any atom is -0.493 e. The van der Waals surface area contributed by atoms with Gasteiger partial charge in [-0.2, -0.15) is 0 Å². The number of carbonyl (C=O) groups is 1. The first-order valence-corrected chi connectivity index (χ1v) is 9.80. The van der Waals surface area contributed by atoms with Crippen LogP contribution in [0.4, 0.5) is 0 Å². The molecule has 1 aliphatic heterocycles. The van der Waals surface area contributed by atoms with Gasteiger partial charge in [0, 0.05) is 12.7 Å². The van der Waals surface area contributed by atoms with Crippen molar-refractivity contribution >= 4 is 5.97 Å². The van der Waals surface area contributed by atoms with Gasteiger partial charge in [0.25, 0.3) is 0 Å². The number of hydrogen-bond acceptors (Lipinski definition) is 7. The maximum Gasteiger partial charge on any atom is 0.328 e. The van der Waals surface area contributed by atoms with Gasteiger partial charge in [-0.15, -0.1) is 0 Å². The second kappa shape index (κ2) is 8.63. The molecule has 7 heteroatoms. The maximum atomic E-state index is 12.8. The molecule has 0 amide bonds. The van der Waals surface area contributed by atoms with Crippen LogP contribution in [0.5, 0.6) is 11.5 Å². The van der Waals surface area contributed by atoms with Gasteiger partial charge in [0.2, 0.25) is 5.79 Å². The van der Waals surface area contributed by atoms with Crippen LogP contribution < -0.4 is 14.8 Å². The quantitative estimate of drug-likeness (QED) is 0.554. The zero-order valence-corrected chi connectivity index (χ0v) is 18.0. The normalized spacial score (nSPS) is 20.9. The van der Waals surface area contributed by atoms with E-state index in [1.54, 1.807) is 32.9 Å². The third-order valence-electron chi connectivity index (χ3n) is 4.83. The van der Waals surface area contributed by atoms with Crippen molar-refractivity contribution < 1.29 is 28.8 Å². The minimum atomic E-state index is -1.62. The number of fused-ring (bicyclic) bond motifs is 1. The van der Waals surface area contributed by atoms with Crippen LogP contribution in [0, 0.1) is 0 Å². The summed E-state index contributed by atoms with van der Waals surface area (Å²) in [5, 5.41) is 14.0. The summed E-state index contributed by atoms with van der Waals surface area (Å²) < 4.78 is 22.4. The van der Waals surface area contributed by atoms with Crippen LogP contribution in [0.2, 0.25) is 0 Å². The Balaban J connectivity index is 1.99. The van der Waals surface area contributed by atoms with Crippen molar-refractivity contribution in [3.8, 4) is 11.5 Å². The molecule has 3 rings (SSSR count). The van der Waals surface area contributed by atoms with E-state index in [1.807, 2.05) is 30.3 Å². The molecule has 0 aromatic heterocycles. The fraction of sp³-hybridized carbons (Fsp3) is 0.435. The lowest BCUT2D eigenvalue weighted by Gasteiger charge is -2.38. The fourth-order valence-electron chi connectivity index (χ4n) is 3.36. The highest BCUT2D eigenvalue weighted by Gasteiger charge is 2.43. The summed E-state index contributed by atoms with van der Waals surface area (Å²) in [6.07, 6.45) is 0. The first kappa shape index (κ1) is 22.1. The van der Waals surface area contributed by atoms with E-state index in [9.17, 15) is 9.90 Å². The number of ether oxygens (including phenoxy) is 4. The summed E-state index contributed by atoms with van der Waals surface area (Å²) in [7, 11) is 2.94. The molecule has 2 N–H and O–H groups in total. The topological polar surface area (TPSA) is 86.3 Å². The van der Waals surface area contributed by atoms with E-state index in [0.717, 1.165) is 5.56 Å². The van der Waals surface area contributed by atoms with Gasteiger partial charge in [-0.3, -0.25) is 5.32 Å². The van der Waals surface area contributed by atoms with Crippen molar-refractivity contribution in [1.29, 1.82) is 0 Å². The van der Waals surface area contributed by atoms with E-state index < -0.39 is 23.4 Å². The Morgan fingerprint density at radius 2 is 1.87 bits per heavy atom. The molecule has 0 fully saturated rings. The minimum absolute atomic E-state index is 0.0187. The van der Waals surface area contributed by atoms with Crippen LogP contribution >= 0.6 is 0 Å². The molecule has 1 heterocycles. The molecule has 0 aliphatic carbocycles. The van der Waals surface area contributed by atoms with E-state index in [-0.39, 0.29) is 6.54 Å². The fourth-order valence-corrected chi connectivity index (χ4v) is 3.36. The second-order valence-electron chi connectivity index (χ2n) is 8.20. The SMILES string of the molecule is COc1cc2c(cc1OCc1ccccc1)C(O)(OC)CNC2C(=O)OC(C)(C)C. The molecular weight excluding hydrogens is 386 g/mol. The molecule has 7 nitrogen and oxygen atoms in total. The largest absolute Gasteiger partial charge is 0.493 e. The van der Waals surface area contributed by atoms with Crippen molar-refractivity contribution in [2.45, 2.75) is 44.8 Å². The molecular formula is C23H29NO6. The smallest absolute Gasteiger partial charge is 0.328 e. The van der Waals surface area contributed by atoms with Gasteiger partial charge in [0.1, 0.15) is 18.2 Å². The third-order valence-corrected chi connectivity index (χ3v) is 4.83. The number of nitrogens with one attached hydrogen (secondary N) is 1. The van der Waals surface area contributed by atoms with Gasteiger partial charge in [-0.05, 0) is 44.0 Å². The summed E-state index contributed by atoms with van der Waals surface area (Å²) in [6.45, 7) is 5.77. The molecule has 0 saturated carbocycles. The van der Waals surface area contributed by atoms with Gasteiger partial charge in [0.15, 0.2) is 11.5 Å². The predicted molar refractivity (Wildman–Crippen MR) is 111 cm³/mol. The average molecular weight is 415 g/mol. The second-order valence-corrected chi connectivity index (χ2v) is 8.20. The van der Waals surface area contributed by atoms with Crippen LogP contribution in [-0.2, 0) is 26.7 Å². The van der Waals surface area contributed by atoms with Crippen LogP contribution in [0.3, 0.4) is 0 Å². The number of β-amino-alcohol motifs (C(OH)–C–C–N with tert-alkyl or cyclic N) is 1. The van der Waals surface area contributed by atoms with Crippen LogP contribution in [-0.4, -0.2) is 37.4 Å². The maximum absolute atomic E-state index is 12.8. The Morgan fingerprint density at radius 3 is 2.47 bits per heavy atom. The first-order valence-electron chi connectivity index (χ1n) is 9.80. The molecule has 30 heavy (non-hydrogen) atoms. The number of carbonyl (C=O) groups excluding carboxylic acids is 1. The summed E-state index contributed by atoms with van der Waals surface area (Å²) in [5.41, 5.74) is 1.30. The average Bonchev–Trinajstić information content (AvgIpc) is 2.71. The Kier molecular flexibility index (Phi) is 6.36. The van der Waals surface area contributed by atoms with E-state index in [1.165, 1.54) is 14.2 Å². The lowest BCUT2D eigenvalue weighted by Crippen LogP contribution is -2.49. The van der Waals surface area contributed by atoms with E-state index in [2.05, 4.69) is 5.32 Å². The van der Waals surface area contributed by atoms with Crippen molar-refractivity contribution in [2.75, 3.05) is 20.8 Å². The van der Waals surface area contributed by atoms with Gasteiger partial charge >= 0.3 is 5.97 Å². The molecule has 2 aromatic rings. The highest BCUT2D eigenvalue weighted by molar-refractivity contribution is 5.80. The summed E-state index contributed by atoms with van der Waals surface area (Å²) >= 11 is 0. The lowest BCUT2D eigenvalue weighted by atomic mass is 9.89. The first-order chi connectivity index (χ1) is 14.2. The van der Waals surface area contributed by atoms with E-state index in [0.29, 0.717) is 29.2 Å². The van der Waals surface area contributed by atoms with Crippen LogP contribution in [0.1, 0.15) is 43.5 Å². The number of aliphatic hydroxyl groups is 1. The van der Waals surface area contributed by atoms with E-state index in [4.69, 9.17) is 18.9 Å². The number of esters is 1. The Hall–Kier alpha value is -2.61. The van der Waals surface area contributed by atoms with E-state index >= 15 is 0 Å². The van der Waals surface area contributed by atoms with Gasteiger partial charge in [-0.25, -0.2) is 4.79 Å². The Labute approximate surface area is 176 Å². The number of benzene rings is 2.